The van der Waals surface area contributed by atoms with Gasteiger partial charge in [-0.25, -0.2) is 8.42 Å². The lowest BCUT2D eigenvalue weighted by Crippen LogP contribution is -2.53. The molecule has 9 heteroatoms. The molecule has 0 bridgehead atoms. The third-order valence-corrected chi connectivity index (χ3v) is 6.10. The number of hydrogen-bond acceptors (Lipinski definition) is 5. The first-order chi connectivity index (χ1) is 12.3. The van der Waals surface area contributed by atoms with Crippen LogP contribution < -0.4 is 10.6 Å². The van der Waals surface area contributed by atoms with Crippen LogP contribution in [0.2, 0.25) is 0 Å². The van der Waals surface area contributed by atoms with Crippen LogP contribution in [0.1, 0.15) is 24.5 Å². The minimum atomic E-state index is -3.79. The Morgan fingerprint density at radius 2 is 1.92 bits per heavy atom. The summed E-state index contributed by atoms with van der Waals surface area (Å²) in [6.07, 6.45) is -0.294. The molecule has 8 nitrogen and oxygen atoms in total. The maximum Gasteiger partial charge on any atom is 0.309 e. The molecule has 1 heterocycles. The van der Waals surface area contributed by atoms with Gasteiger partial charge in [-0.3, -0.25) is 9.59 Å². The predicted octanol–water partition coefficient (Wildman–Crippen LogP) is 0.293. The molecule has 0 aliphatic carbocycles. The summed E-state index contributed by atoms with van der Waals surface area (Å²) in [7, 11) is -3.79. The Bertz CT molecular complexity index is 779. The van der Waals surface area contributed by atoms with Gasteiger partial charge in [0.05, 0.1) is 18.0 Å². The van der Waals surface area contributed by atoms with Gasteiger partial charge < -0.3 is 15.4 Å². The molecule has 1 saturated heterocycles. The molecule has 1 aromatic carbocycles. The van der Waals surface area contributed by atoms with E-state index in [0.29, 0.717) is 25.1 Å². The van der Waals surface area contributed by atoms with Gasteiger partial charge in [0.2, 0.25) is 10.0 Å². The Morgan fingerprint density at radius 1 is 1.23 bits per heavy atom. The number of aryl methyl sites for hydroxylation is 2. The molecule has 0 aromatic heterocycles. The van der Waals surface area contributed by atoms with Gasteiger partial charge in [-0.05, 0) is 44.4 Å². The fourth-order valence-electron chi connectivity index (χ4n) is 2.72. The molecule has 26 heavy (non-hydrogen) atoms. The highest BCUT2D eigenvalue weighted by molar-refractivity contribution is 7.89. The van der Waals surface area contributed by atoms with Crippen molar-refractivity contribution in [3.63, 3.8) is 0 Å². The molecular formula is C17H25N3O5S. The fourth-order valence-corrected chi connectivity index (χ4v) is 4.59. The number of ether oxygens (including phenoxy) is 1. The van der Waals surface area contributed by atoms with E-state index in [1.807, 2.05) is 13.0 Å². The van der Waals surface area contributed by atoms with Crippen LogP contribution in [-0.4, -0.2) is 57.0 Å². The van der Waals surface area contributed by atoms with Gasteiger partial charge in [0.25, 0.3) is 0 Å². The molecule has 0 saturated carbocycles. The van der Waals surface area contributed by atoms with Gasteiger partial charge in [-0.2, -0.15) is 4.31 Å². The minimum absolute atomic E-state index is 0.0972. The topological polar surface area (TPSA) is 105 Å². The molecule has 1 aliphatic rings. The monoisotopic (exact) mass is 383 g/mol. The van der Waals surface area contributed by atoms with E-state index in [2.05, 4.69) is 10.6 Å². The van der Waals surface area contributed by atoms with Crippen LogP contribution in [0, 0.1) is 13.8 Å². The van der Waals surface area contributed by atoms with Crippen molar-refractivity contribution in [2.24, 2.45) is 0 Å². The summed E-state index contributed by atoms with van der Waals surface area (Å²) in [5.41, 5.74) is 1.49. The van der Waals surface area contributed by atoms with Gasteiger partial charge in [-0.15, -0.1) is 0 Å². The zero-order chi connectivity index (χ0) is 19.3. The number of rotatable bonds is 5. The fraction of sp³-hybridized carbons (Fsp3) is 0.529. The zero-order valence-corrected chi connectivity index (χ0v) is 16.1. The van der Waals surface area contributed by atoms with Crippen LogP contribution in [0.5, 0.6) is 0 Å². The summed E-state index contributed by atoms with van der Waals surface area (Å²) in [5, 5.41) is 4.82. The van der Waals surface area contributed by atoms with Crippen molar-refractivity contribution >= 4 is 21.8 Å². The van der Waals surface area contributed by atoms with E-state index in [1.165, 1.54) is 4.31 Å². The van der Waals surface area contributed by atoms with Crippen molar-refractivity contribution in [3.05, 3.63) is 29.3 Å². The van der Waals surface area contributed by atoms with Crippen LogP contribution >= 0.6 is 0 Å². The predicted molar refractivity (Wildman–Crippen MR) is 95.9 cm³/mol. The number of amides is 2. The van der Waals surface area contributed by atoms with Crippen molar-refractivity contribution < 1.29 is 22.7 Å². The molecular weight excluding hydrogens is 358 g/mol. The number of sulfonamides is 1. The molecule has 2 rings (SSSR count). The summed E-state index contributed by atoms with van der Waals surface area (Å²) in [4.78, 5) is 23.5. The smallest absolute Gasteiger partial charge is 0.309 e. The largest absolute Gasteiger partial charge is 0.360 e. The Kier molecular flexibility index (Phi) is 6.74. The lowest BCUT2D eigenvalue weighted by atomic mass is 10.2. The number of carbonyl (C=O) groups excluding carboxylic acids is 2. The van der Waals surface area contributed by atoms with Crippen molar-refractivity contribution in [1.82, 2.24) is 14.9 Å². The van der Waals surface area contributed by atoms with E-state index in [0.717, 1.165) is 5.56 Å². The van der Waals surface area contributed by atoms with Gasteiger partial charge >= 0.3 is 11.8 Å². The van der Waals surface area contributed by atoms with E-state index in [-0.39, 0.29) is 18.0 Å². The van der Waals surface area contributed by atoms with Crippen molar-refractivity contribution in [3.8, 4) is 0 Å². The summed E-state index contributed by atoms with van der Waals surface area (Å²) < 4.78 is 33.0. The second kappa shape index (κ2) is 8.61. The Hall–Kier alpha value is -1.97. The highest BCUT2D eigenvalue weighted by Crippen LogP contribution is 2.25. The zero-order valence-electron chi connectivity index (χ0n) is 15.2. The molecule has 1 atom stereocenters. The number of benzene rings is 1. The summed E-state index contributed by atoms with van der Waals surface area (Å²) >= 11 is 0. The Morgan fingerprint density at radius 3 is 2.62 bits per heavy atom. The maximum atomic E-state index is 13.1. The van der Waals surface area contributed by atoms with E-state index in [9.17, 15) is 18.0 Å². The SMILES string of the molecule is CCNC(=O)C(=O)NC[C@@H]1OCCCN1S(=O)(=O)c1cc(C)ccc1C. The molecule has 0 unspecified atom stereocenters. The van der Waals surface area contributed by atoms with E-state index in [4.69, 9.17) is 4.74 Å². The molecule has 1 aliphatic heterocycles. The van der Waals surface area contributed by atoms with E-state index in [1.54, 1.807) is 26.0 Å². The average Bonchev–Trinajstić information content (AvgIpc) is 2.62. The Labute approximate surface area is 153 Å². The minimum Gasteiger partial charge on any atom is -0.360 e. The first kappa shape index (κ1) is 20.3. The number of nitrogens with zero attached hydrogens (tertiary/aromatic N) is 1. The number of carbonyl (C=O) groups is 2. The number of hydrogen-bond donors (Lipinski definition) is 2. The number of likely N-dealkylation sites (N-methyl/N-ethyl adjacent to an activating group) is 1. The third kappa shape index (κ3) is 4.60. The maximum absolute atomic E-state index is 13.1. The molecule has 0 spiro atoms. The highest BCUT2D eigenvalue weighted by Gasteiger charge is 2.35. The van der Waals surface area contributed by atoms with Gasteiger partial charge in [0, 0.05) is 13.1 Å². The molecule has 0 radical (unpaired) electrons. The summed E-state index contributed by atoms with van der Waals surface area (Å²) in [6.45, 7) is 6.18. The Balaban J connectivity index is 2.18. The molecule has 2 amide bonds. The van der Waals surface area contributed by atoms with Crippen LogP contribution in [-0.2, 0) is 24.3 Å². The highest BCUT2D eigenvalue weighted by atomic mass is 32.2. The van der Waals surface area contributed by atoms with Gasteiger partial charge in [0.15, 0.2) is 0 Å². The van der Waals surface area contributed by atoms with Crippen molar-refractivity contribution in [2.45, 2.75) is 38.3 Å². The van der Waals surface area contributed by atoms with Crippen molar-refractivity contribution in [2.75, 3.05) is 26.2 Å². The third-order valence-electron chi connectivity index (χ3n) is 4.07. The van der Waals surface area contributed by atoms with Crippen molar-refractivity contribution in [1.29, 1.82) is 0 Å². The van der Waals surface area contributed by atoms with Gasteiger partial charge in [-0.1, -0.05) is 12.1 Å². The van der Waals surface area contributed by atoms with E-state index >= 15 is 0 Å². The lowest BCUT2D eigenvalue weighted by Gasteiger charge is -2.35. The molecule has 1 aromatic rings. The van der Waals surface area contributed by atoms with Gasteiger partial charge in [0.1, 0.15) is 6.23 Å². The summed E-state index contributed by atoms with van der Waals surface area (Å²) in [5.74, 6) is -1.57. The first-order valence-electron chi connectivity index (χ1n) is 8.54. The van der Waals surface area contributed by atoms with Crippen LogP contribution in [0.3, 0.4) is 0 Å². The lowest BCUT2D eigenvalue weighted by molar-refractivity contribution is -0.140. The second-order valence-electron chi connectivity index (χ2n) is 6.13. The first-order valence-corrected chi connectivity index (χ1v) is 9.98. The quantitative estimate of drug-likeness (QED) is 0.711. The molecule has 2 N–H and O–H groups in total. The second-order valence-corrected chi connectivity index (χ2v) is 7.99. The molecule has 144 valence electrons. The average molecular weight is 383 g/mol. The van der Waals surface area contributed by atoms with Crippen LogP contribution in [0.25, 0.3) is 0 Å². The normalized spacial score (nSPS) is 18.3. The molecule has 1 fully saturated rings. The van der Waals surface area contributed by atoms with Crippen LogP contribution in [0.15, 0.2) is 23.1 Å². The summed E-state index contributed by atoms with van der Waals surface area (Å²) in [6, 6.07) is 5.24. The van der Waals surface area contributed by atoms with E-state index < -0.39 is 28.1 Å². The standard InChI is InChI=1S/C17H25N3O5S/c1-4-18-16(21)17(22)19-11-15-20(8-5-9-25-15)26(23,24)14-10-12(2)6-7-13(14)3/h6-7,10,15H,4-5,8-9,11H2,1-3H3,(H,18,21)(H,19,22)/t15-/m0/s1. The van der Waals surface area contributed by atoms with Crippen LogP contribution in [0.4, 0.5) is 0 Å². The number of nitrogens with one attached hydrogen (secondary N) is 2.